The van der Waals surface area contributed by atoms with Gasteiger partial charge < -0.3 is 5.32 Å². The number of nitrogens with zero attached hydrogens (tertiary/aromatic N) is 4. The molecule has 0 fully saturated rings. The molecule has 0 radical (unpaired) electrons. The van der Waals surface area contributed by atoms with E-state index in [0.717, 1.165) is 29.9 Å². The van der Waals surface area contributed by atoms with Crippen LogP contribution in [0, 0.1) is 6.92 Å². The summed E-state index contributed by atoms with van der Waals surface area (Å²) in [5.41, 5.74) is 2.76. The summed E-state index contributed by atoms with van der Waals surface area (Å²) < 4.78 is 27.6. The van der Waals surface area contributed by atoms with E-state index < -0.39 is 6.43 Å². The fourth-order valence-electron chi connectivity index (χ4n) is 1.97. The molecule has 2 aromatic rings. The fourth-order valence-corrected chi connectivity index (χ4v) is 1.97. The molecule has 0 atom stereocenters. The molecular weight excluding hydrogens is 300 g/mol. The largest absolute Gasteiger partial charge is 0.378 e. The van der Waals surface area contributed by atoms with E-state index in [1.54, 1.807) is 12.4 Å². The molecule has 0 saturated carbocycles. The van der Waals surface area contributed by atoms with E-state index in [4.69, 9.17) is 0 Å². The van der Waals surface area contributed by atoms with Crippen LogP contribution in [0.2, 0.25) is 0 Å². The first-order valence-corrected chi connectivity index (χ1v) is 6.66. The number of anilines is 1. The van der Waals surface area contributed by atoms with Crippen LogP contribution in [0.5, 0.6) is 0 Å². The van der Waals surface area contributed by atoms with Gasteiger partial charge in [0, 0.05) is 31.0 Å². The third kappa shape index (κ3) is 5.00. The van der Waals surface area contributed by atoms with Crippen molar-refractivity contribution in [2.24, 2.45) is 0 Å². The van der Waals surface area contributed by atoms with Crippen molar-refractivity contribution in [3.63, 3.8) is 0 Å². The fraction of sp³-hybridized carbons (Fsp3) is 0.538. The number of rotatable bonds is 7. The predicted molar refractivity (Wildman–Crippen MR) is 80.1 cm³/mol. The molecule has 118 valence electrons. The summed E-state index contributed by atoms with van der Waals surface area (Å²) in [5, 5.41) is 11.5. The Balaban J connectivity index is 0.00000220. The number of aromatic nitrogens is 4. The predicted octanol–water partition coefficient (Wildman–Crippen LogP) is 3.10. The quantitative estimate of drug-likeness (QED) is 0.853. The van der Waals surface area contributed by atoms with Crippen LogP contribution in [0.3, 0.4) is 0 Å². The number of halogens is 3. The summed E-state index contributed by atoms with van der Waals surface area (Å²) in [6.07, 6.45) is 3.83. The lowest BCUT2D eigenvalue weighted by atomic mass is 10.3. The van der Waals surface area contributed by atoms with Gasteiger partial charge in [0.15, 0.2) is 0 Å². The van der Waals surface area contributed by atoms with Crippen LogP contribution in [0.1, 0.15) is 24.6 Å². The SMILES string of the molecule is CCCn1cc(NCc2cnn(CC(F)F)c2)c(C)n1.Cl. The summed E-state index contributed by atoms with van der Waals surface area (Å²) in [4.78, 5) is 0. The molecule has 2 heterocycles. The van der Waals surface area contributed by atoms with Crippen LogP contribution in [-0.4, -0.2) is 26.0 Å². The minimum absolute atomic E-state index is 0. The Hall–Kier alpha value is -1.63. The number of hydrogen-bond acceptors (Lipinski definition) is 3. The lowest BCUT2D eigenvalue weighted by molar-refractivity contribution is 0.122. The molecule has 0 aliphatic heterocycles. The molecule has 2 rings (SSSR count). The van der Waals surface area contributed by atoms with Crippen molar-refractivity contribution in [2.75, 3.05) is 5.32 Å². The number of nitrogens with one attached hydrogen (secondary N) is 1. The Morgan fingerprint density at radius 3 is 2.71 bits per heavy atom. The first kappa shape index (κ1) is 17.4. The van der Waals surface area contributed by atoms with E-state index in [0.29, 0.717) is 6.54 Å². The summed E-state index contributed by atoms with van der Waals surface area (Å²) >= 11 is 0. The average molecular weight is 320 g/mol. The van der Waals surface area contributed by atoms with Gasteiger partial charge in [0.2, 0.25) is 0 Å². The van der Waals surface area contributed by atoms with E-state index in [9.17, 15) is 8.78 Å². The standard InChI is InChI=1S/C13H19F2N5.ClH/c1-3-4-19-8-12(10(2)18-19)16-5-11-6-17-20(7-11)9-13(14)15;/h6-8,13,16H,3-5,9H2,1-2H3;1H. The van der Waals surface area contributed by atoms with Gasteiger partial charge in [-0.2, -0.15) is 10.2 Å². The van der Waals surface area contributed by atoms with Gasteiger partial charge in [-0.25, -0.2) is 8.78 Å². The maximum Gasteiger partial charge on any atom is 0.257 e. The Morgan fingerprint density at radius 1 is 1.29 bits per heavy atom. The highest BCUT2D eigenvalue weighted by Crippen LogP contribution is 2.14. The van der Waals surface area contributed by atoms with Crippen LogP contribution >= 0.6 is 12.4 Å². The molecule has 0 aliphatic rings. The highest BCUT2D eigenvalue weighted by atomic mass is 35.5. The Labute approximate surface area is 128 Å². The summed E-state index contributed by atoms with van der Waals surface area (Å²) in [6, 6.07) is 0. The second-order valence-corrected chi connectivity index (χ2v) is 4.71. The number of hydrogen-bond donors (Lipinski definition) is 1. The molecular formula is C13H20ClF2N5. The zero-order chi connectivity index (χ0) is 14.5. The number of aryl methyl sites for hydroxylation is 2. The Bertz CT molecular complexity index is 553. The first-order valence-electron chi connectivity index (χ1n) is 6.66. The second-order valence-electron chi connectivity index (χ2n) is 4.71. The van der Waals surface area contributed by atoms with E-state index in [1.165, 1.54) is 4.68 Å². The van der Waals surface area contributed by atoms with Crippen LogP contribution < -0.4 is 5.32 Å². The van der Waals surface area contributed by atoms with Gasteiger partial charge in [-0.1, -0.05) is 6.92 Å². The van der Waals surface area contributed by atoms with Gasteiger partial charge in [-0.05, 0) is 13.3 Å². The maximum absolute atomic E-state index is 12.2. The van der Waals surface area contributed by atoms with Crippen LogP contribution in [0.25, 0.3) is 0 Å². The molecule has 0 bridgehead atoms. The summed E-state index contributed by atoms with van der Waals surface area (Å²) in [6.45, 7) is 5.10. The zero-order valence-corrected chi connectivity index (χ0v) is 12.9. The van der Waals surface area contributed by atoms with Crippen molar-refractivity contribution in [3.8, 4) is 0 Å². The molecule has 5 nitrogen and oxygen atoms in total. The van der Waals surface area contributed by atoms with Gasteiger partial charge in [-0.3, -0.25) is 9.36 Å². The van der Waals surface area contributed by atoms with Crippen molar-refractivity contribution < 1.29 is 8.78 Å². The Kier molecular flexibility index (Phi) is 6.61. The molecule has 0 unspecified atom stereocenters. The van der Waals surface area contributed by atoms with Crippen molar-refractivity contribution in [1.29, 1.82) is 0 Å². The minimum atomic E-state index is -2.38. The summed E-state index contributed by atoms with van der Waals surface area (Å²) in [7, 11) is 0. The minimum Gasteiger partial charge on any atom is -0.378 e. The number of alkyl halides is 2. The van der Waals surface area contributed by atoms with Gasteiger partial charge >= 0.3 is 0 Å². The van der Waals surface area contributed by atoms with E-state index in [-0.39, 0.29) is 19.0 Å². The molecule has 1 N–H and O–H groups in total. The van der Waals surface area contributed by atoms with Crippen LogP contribution in [-0.2, 0) is 19.6 Å². The third-order valence-corrected chi connectivity index (χ3v) is 2.89. The lowest BCUT2D eigenvalue weighted by Crippen LogP contribution is -2.06. The van der Waals surface area contributed by atoms with E-state index in [2.05, 4.69) is 22.4 Å². The molecule has 8 heteroatoms. The van der Waals surface area contributed by atoms with Crippen molar-refractivity contribution >= 4 is 18.1 Å². The van der Waals surface area contributed by atoms with Crippen LogP contribution in [0.15, 0.2) is 18.6 Å². The molecule has 0 aromatic carbocycles. The van der Waals surface area contributed by atoms with Gasteiger partial charge in [0.05, 0.1) is 17.6 Å². The third-order valence-electron chi connectivity index (χ3n) is 2.89. The topological polar surface area (TPSA) is 47.7 Å². The molecule has 0 saturated heterocycles. The zero-order valence-electron chi connectivity index (χ0n) is 12.1. The second kappa shape index (κ2) is 7.97. The highest BCUT2D eigenvalue weighted by Gasteiger charge is 2.07. The first-order chi connectivity index (χ1) is 9.58. The smallest absolute Gasteiger partial charge is 0.257 e. The van der Waals surface area contributed by atoms with E-state index >= 15 is 0 Å². The highest BCUT2D eigenvalue weighted by molar-refractivity contribution is 5.85. The molecule has 0 amide bonds. The van der Waals surface area contributed by atoms with Crippen molar-refractivity contribution in [2.45, 2.75) is 46.3 Å². The molecule has 0 aliphatic carbocycles. The molecule has 0 spiro atoms. The van der Waals surface area contributed by atoms with Gasteiger partial charge in [-0.15, -0.1) is 12.4 Å². The lowest BCUT2D eigenvalue weighted by Gasteiger charge is -2.02. The maximum atomic E-state index is 12.2. The van der Waals surface area contributed by atoms with Crippen molar-refractivity contribution in [1.82, 2.24) is 19.6 Å². The van der Waals surface area contributed by atoms with Gasteiger partial charge in [0.1, 0.15) is 6.54 Å². The van der Waals surface area contributed by atoms with Crippen molar-refractivity contribution in [3.05, 3.63) is 29.8 Å². The van der Waals surface area contributed by atoms with Crippen LogP contribution in [0.4, 0.5) is 14.5 Å². The average Bonchev–Trinajstić information content (AvgIpc) is 2.94. The molecule has 21 heavy (non-hydrogen) atoms. The Morgan fingerprint density at radius 2 is 2.05 bits per heavy atom. The summed E-state index contributed by atoms with van der Waals surface area (Å²) in [5.74, 6) is 0. The molecule has 2 aromatic heterocycles. The van der Waals surface area contributed by atoms with E-state index in [1.807, 2.05) is 17.8 Å². The monoisotopic (exact) mass is 319 g/mol. The normalized spacial score (nSPS) is 10.7. The van der Waals surface area contributed by atoms with Gasteiger partial charge in [0.25, 0.3) is 6.43 Å².